The molecule has 1 saturated carbocycles. The fraction of sp³-hybridized carbons (Fsp3) is 0.509. The largest absolute Gasteiger partial charge is 0.361 e. The van der Waals surface area contributed by atoms with Gasteiger partial charge in [-0.05, 0) is 56.4 Å². The molecule has 6 aromatic rings. The number of rotatable bonds is 9. The lowest BCUT2D eigenvalue weighted by Gasteiger charge is -2.26. The van der Waals surface area contributed by atoms with Gasteiger partial charge in [-0.1, -0.05) is 185 Å². The van der Waals surface area contributed by atoms with Crippen molar-refractivity contribution in [1.82, 2.24) is 29.5 Å². The van der Waals surface area contributed by atoms with Gasteiger partial charge in [0.2, 0.25) is 20.9 Å². The molecule has 16 heteroatoms. The number of nitrogens with zero attached hydrogens (tertiary/aromatic N) is 5. The van der Waals surface area contributed by atoms with Gasteiger partial charge in [-0.25, -0.2) is 23.4 Å². The Kier molecular flexibility index (Phi) is 52.6. The van der Waals surface area contributed by atoms with E-state index in [0.29, 0.717) is 55.9 Å². The number of anilines is 1. The molecule has 4 aromatic heterocycles. The van der Waals surface area contributed by atoms with Crippen molar-refractivity contribution in [3.63, 3.8) is 0 Å². The van der Waals surface area contributed by atoms with Crippen molar-refractivity contribution in [2.45, 2.75) is 182 Å². The molecule has 404 valence electrons. The first-order chi connectivity index (χ1) is 25.4. The molecule has 0 atom stereocenters. The van der Waals surface area contributed by atoms with Crippen LogP contribution in [0.5, 0.6) is 0 Å². The number of pyridine rings is 2. The van der Waals surface area contributed by atoms with Crippen molar-refractivity contribution in [1.29, 1.82) is 0 Å². The van der Waals surface area contributed by atoms with Gasteiger partial charge in [0.05, 0.1) is 0 Å². The van der Waals surface area contributed by atoms with Crippen LogP contribution in [-0.2, 0) is 21.3 Å². The van der Waals surface area contributed by atoms with E-state index >= 15 is 0 Å². The molecule has 1 aliphatic carbocycles. The lowest BCUT2D eigenvalue weighted by atomic mass is 9.92. The number of nitrogens with two attached hydrogens (primary N) is 1. The Morgan fingerprint density at radius 3 is 1.67 bits per heavy atom. The Balaban J connectivity index is -0.0000000906. The summed E-state index contributed by atoms with van der Waals surface area (Å²) in [6, 6.07) is 18.2. The number of nitrogens with one attached hydrogen (secondary N) is 2. The van der Waals surface area contributed by atoms with E-state index in [1.807, 2.05) is 25.1 Å². The van der Waals surface area contributed by atoms with Crippen molar-refractivity contribution in [3.8, 4) is 22.3 Å². The molecule has 1 aliphatic rings. The molecule has 69 heavy (non-hydrogen) atoms. The highest BCUT2D eigenvalue weighted by Crippen LogP contribution is 2.29. The van der Waals surface area contributed by atoms with Gasteiger partial charge in [0.25, 0.3) is 11.1 Å². The number of ether oxygens (including phenoxy) is 1. The average molecular weight is 1030 g/mol. The number of halogens is 2. The molecule has 0 unspecified atom stereocenters. The van der Waals surface area contributed by atoms with Gasteiger partial charge in [0.1, 0.15) is 18.0 Å². The van der Waals surface area contributed by atoms with E-state index in [1.165, 1.54) is 6.20 Å². The first kappa shape index (κ1) is 90.7. The van der Waals surface area contributed by atoms with Crippen molar-refractivity contribution in [2.24, 2.45) is 5.73 Å². The van der Waals surface area contributed by atoms with E-state index in [2.05, 4.69) is 30.2 Å². The van der Waals surface area contributed by atoms with E-state index in [4.69, 9.17) is 33.7 Å². The predicted octanol–water partition coefficient (Wildman–Crippen LogP) is 16.4. The number of sulfone groups is 1. The highest BCUT2D eigenvalue weighted by Gasteiger charge is 2.21. The maximum atomic E-state index is 13.4. The molecule has 0 spiro atoms. The Hall–Kier alpha value is -4.73. The van der Waals surface area contributed by atoms with Crippen molar-refractivity contribution >= 4 is 61.1 Å². The Labute approximate surface area is 433 Å². The summed E-state index contributed by atoms with van der Waals surface area (Å²) >= 11 is 12.5. The van der Waals surface area contributed by atoms with Gasteiger partial charge >= 0.3 is 0 Å². The van der Waals surface area contributed by atoms with Crippen LogP contribution in [0.2, 0.25) is 10.0 Å². The van der Waals surface area contributed by atoms with Crippen molar-refractivity contribution in [3.05, 3.63) is 104 Å². The van der Waals surface area contributed by atoms with Gasteiger partial charge in [-0.3, -0.25) is 14.2 Å². The minimum absolute atomic E-state index is 0. The summed E-state index contributed by atoms with van der Waals surface area (Å²) < 4.78 is 30.2. The Morgan fingerprint density at radius 1 is 0.696 bits per heavy atom. The van der Waals surface area contributed by atoms with Crippen molar-refractivity contribution < 1.29 is 13.2 Å². The third-order valence-electron chi connectivity index (χ3n) is 8.73. The van der Waals surface area contributed by atoms with Crippen molar-refractivity contribution in [2.75, 3.05) is 18.2 Å². The van der Waals surface area contributed by atoms with Crippen LogP contribution in [0.3, 0.4) is 0 Å². The summed E-state index contributed by atoms with van der Waals surface area (Å²) in [5.41, 5.74) is 8.26. The molecule has 13 nitrogen and oxygen atoms in total. The topological polar surface area (TPSA) is 188 Å². The molecule has 4 N–H and O–H groups in total. The average Bonchev–Trinajstić information content (AvgIpc) is 3.13. The van der Waals surface area contributed by atoms with E-state index in [0.717, 1.165) is 43.7 Å². The second-order valence-corrected chi connectivity index (χ2v) is 15.5. The molecular formula is C53H102Cl2N8O5S. The van der Waals surface area contributed by atoms with Gasteiger partial charge in [0, 0.05) is 80.4 Å². The maximum absolute atomic E-state index is 13.4. The first-order valence-corrected chi connectivity index (χ1v) is 19.7. The van der Waals surface area contributed by atoms with Gasteiger partial charge in [-0.2, -0.15) is 4.98 Å². The van der Waals surface area contributed by atoms with Crippen LogP contribution in [0.15, 0.2) is 87.8 Å². The van der Waals surface area contributed by atoms with E-state index in [-0.39, 0.29) is 154 Å². The molecule has 0 aliphatic heterocycles. The zero-order chi connectivity index (χ0) is 37.7. The number of fused-ring (bicyclic) bond motifs is 2. The summed E-state index contributed by atoms with van der Waals surface area (Å²) in [6.07, 6.45) is 8.92. The number of hydrogen-bond acceptors (Lipinski definition) is 11. The molecule has 7 rings (SSSR count). The SMILES string of the molecule is C.C.C.C.C.C.C.C.C.C.C.C.C.C.C.C.CCCOCn1c(=O)c(-c2ccccc2Cl)cc2cnc(NC3CCC(N)CC3)nc21.CS(=O)(=O)c1ncc2cc(-c3ccccc3Cl)c(=O)[nH]c2n1. The standard InChI is InChI=1S/C23H28ClN5O2.C14H10ClN3O3S.16CH4/c1-2-11-31-14-29-21-15(12-19(22(29)30)18-5-3-4-6-20(18)24)13-26-23(28-21)27-17-9-7-16(25)8-10-17;1-22(20,21)14-16-7-8-6-10(13(19)17-12(8)18-14)9-4-2-3-5-11(9)15;;;;;;;;;;;;;;;;/h3-6,12-13,16-17H,2,7-11,14,25H2,1H3,(H,26,27,28);2-7H,1H3,(H,16,17,18,19);16*1H4. The maximum Gasteiger partial charge on any atom is 0.262 e. The zero-order valence-corrected chi connectivity index (χ0v) is 31.4. The van der Waals surface area contributed by atoms with Crippen LogP contribution in [0.1, 0.15) is 158 Å². The summed E-state index contributed by atoms with van der Waals surface area (Å²) in [5, 5.41) is 5.31. The number of hydrogen-bond donors (Lipinski definition) is 3. The molecule has 1 fully saturated rings. The molecule has 0 bridgehead atoms. The summed E-state index contributed by atoms with van der Waals surface area (Å²) in [5.74, 6) is 0.516. The van der Waals surface area contributed by atoms with Gasteiger partial charge < -0.3 is 20.8 Å². The number of aromatic amines is 1. The second kappa shape index (κ2) is 40.0. The van der Waals surface area contributed by atoms with Crippen LogP contribution in [0.4, 0.5) is 5.95 Å². The first-order valence-electron chi connectivity index (χ1n) is 17.0. The molecule has 0 radical (unpaired) electrons. The molecule has 2 aromatic carbocycles. The second-order valence-electron chi connectivity index (χ2n) is 12.8. The van der Waals surface area contributed by atoms with E-state index < -0.39 is 15.4 Å². The minimum Gasteiger partial charge on any atom is -0.361 e. The fourth-order valence-corrected chi connectivity index (χ4v) is 6.98. The van der Waals surface area contributed by atoms with Crippen LogP contribution in [-0.4, -0.2) is 62.9 Å². The number of benzene rings is 2. The lowest BCUT2D eigenvalue weighted by molar-refractivity contribution is 0.0779. The Bertz CT molecular complexity index is 2510. The third kappa shape index (κ3) is 21.8. The molecular weight excluding hydrogens is 932 g/mol. The highest BCUT2D eigenvalue weighted by atomic mass is 35.5. The molecule has 0 saturated heterocycles. The summed E-state index contributed by atoms with van der Waals surface area (Å²) in [4.78, 5) is 45.1. The van der Waals surface area contributed by atoms with Crippen LogP contribution in [0.25, 0.3) is 44.3 Å². The third-order valence-corrected chi connectivity index (χ3v) is 10.3. The summed E-state index contributed by atoms with van der Waals surface area (Å²) in [6.45, 7) is 2.71. The number of H-pyrrole nitrogens is 1. The predicted molar refractivity (Wildman–Crippen MR) is 316 cm³/mol. The smallest absolute Gasteiger partial charge is 0.262 e. The lowest BCUT2D eigenvalue weighted by Crippen LogP contribution is -2.33. The zero-order valence-electron chi connectivity index (χ0n) is 29.1. The quantitative estimate of drug-likeness (QED) is 0.0923. The summed E-state index contributed by atoms with van der Waals surface area (Å²) in [7, 11) is -3.54. The normalized spacial score (nSPS) is 12.2. The van der Waals surface area contributed by atoms with Gasteiger partial charge in [0.15, 0.2) is 0 Å². The monoisotopic (exact) mass is 1030 g/mol. The van der Waals surface area contributed by atoms with E-state index in [9.17, 15) is 18.0 Å². The minimum atomic E-state index is -3.54. The van der Waals surface area contributed by atoms with E-state index in [1.54, 1.807) is 53.2 Å². The molecule has 0 amide bonds. The number of aromatic nitrogens is 6. The molecule has 4 heterocycles. The van der Waals surface area contributed by atoms with Gasteiger partial charge in [-0.15, -0.1) is 0 Å². The Morgan fingerprint density at radius 2 is 1.17 bits per heavy atom. The van der Waals surface area contributed by atoms with Crippen LogP contribution < -0.4 is 22.2 Å². The van der Waals surface area contributed by atoms with Crippen LogP contribution >= 0.6 is 23.2 Å². The highest BCUT2D eigenvalue weighted by molar-refractivity contribution is 7.90. The van der Waals surface area contributed by atoms with Crippen LogP contribution in [0, 0.1) is 0 Å². The fourth-order valence-electron chi connectivity index (χ4n) is 6.00.